The molecule has 1 heterocycles. The normalized spacial score (nSPS) is 18.5. The quantitative estimate of drug-likeness (QED) is 0.00939. The van der Waals surface area contributed by atoms with Gasteiger partial charge in [0.05, 0.1) is 52.6 Å². The number of nitrogens with one attached hydrogen (secondary N) is 8. The topological polar surface area (TPSA) is 461 Å². The van der Waals surface area contributed by atoms with Gasteiger partial charge in [-0.2, -0.15) is 0 Å². The molecule has 1 saturated heterocycles. The van der Waals surface area contributed by atoms with Gasteiger partial charge >= 0.3 is 25.7 Å². The maximum Gasteiger partial charge on any atom is 0.472 e. The highest BCUT2D eigenvalue weighted by Crippen LogP contribution is 2.43. The van der Waals surface area contributed by atoms with Crippen LogP contribution >= 0.6 is 7.82 Å². The highest BCUT2D eigenvalue weighted by molar-refractivity contribution is 7.47. The molecule has 432 valence electrons. The molecule has 0 bridgehead atoms. The summed E-state index contributed by atoms with van der Waals surface area (Å²) < 4.78 is 42.6. The Labute approximate surface area is 439 Å². The number of guanidine groups is 1. The fourth-order valence-corrected chi connectivity index (χ4v) is 7.06. The molecule has 0 aromatic carbocycles. The molecule has 1 fully saturated rings. The Morgan fingerprint density at radius 1 is 0.658 bits per heavy atom. The van der Waals surface area contributed by atoms with Gasteiger partial charge in [0.25, 0.3) is 0 Å². The van der Waals surface area contributed by atoms with Crippen molar-refractivity contribution >= 4 is 78.9 Å². The molecule has 0 aromatic heterocycles. The molecule has 8 amide bonds. The van der Waals surface area contributed by atoms with E-state index in [-0.39, 0.29) is 122 Å². The monoisotopic (exact) mass is 1110 g/mol. The maximum absolute atomic E-state index is 13.6. The Balaban J connectivity index is 2.45. The van der Waals surface area contributed by atoms with Crippen LogP contribution in [0.4, 0.5) is 0 Å². The third kappa shape index (κ3) is 32.7. The van der Waals surface area contributed by atoms with Gasteiger partial charge in [-0.15, -0.1) is 0 Å². The van der Waals surface area contributed by atoms with Crippen molar-refractivity contribution in [2.45, 2.75) is 128 Å². The minimum atomic E-state index is -4.64. The summed E-state index contributed by atoms with van der Waals surface area (Å²) in [4.78, 5) is 151. The second-order valence-corrected chi connectivity index (χ2v) is 18.0. The number of esters is 2. The highest BCUT2D eigenvalue weighted by atomic mass is 31.2. The largest absolute Gasteiger partial charge is 0.481 e. The molecule has 1 aliphatic rings. The van der Waals surface area contributed by atoms with E-state index >= 15 is 0 Å². The molecule has 6 atom stereocenters. The molecule has 1 aliphatic heterocycles. The lowest BCUT2D eigenvalue weighted by Gasteiger charge is -2.25. The molecule has 32 heteroatoms. The number of phosphoric acid groups is 1. The number of unbranched alkanes of at least 4 members (excludes halogenated alkanes) is 1. The number of aliphatic carboxylic acids is 1. The molecule has 14 N–H and O–H groups in total. The summed E-state index contributed by atoms with van der Waals surface area (Å²) in [6.45, 7) is 3.28. The van der Waals surface area contributed by atoms with Gasteiger partial charge < -0.3 is 82.9 Å². The number of carboxylic acid groups (broad SMARTS) is 1. The van der Waals surface area contributed by atoms with Gasteiger partial charge in [0, 0.05) is 58.3 Å². The summed E-state index contributed by atoms with van der Waals surface area (Å²) >= 11 is 0. The average molecular weight is 1110 g/mol. The molecule has 1 rings (SSSR count). The van der Waals surface area contributed by atoms with Crippen LogP contribution in [0.25, 0.3) is 0 Å². The van der Waals surface area contributed by atoms with E-state index in [1.807, 2.05) is 0 Å². The van der Waals surface area contributed by atoms with Gasteiger partial charge in [0.15, 0.2) is 12.1 Å². The predicted octanol–water partition coefficient (Wildman–Crippen LogP) is -3.88. The van der Waals surface area contributed by atoms with Crippen molar-refractivity contribution in [2.75, 3.05) is 79.0 Å². The van der Waals surface area contributed by atoms with Crippen LogP contribution < -0.4 is 54.0 Å². The second-order valence-electron chi connectivity index (χ2n) is 16.6. The number of ether oxygens (including phenoxy) is 4. The van der Waals surface area contributed by atoms with Crippen LogP contribution in [0.3, 0.4) is 0 Å². The predicted molar refractivity (Wildman–Crippen MR) is 265 cm³/mol. The molecular weight excluding hydrogens is 1030 g/mol. The molecule has 76 heavy (non-hydrogen) atoms. The summed E-state index contributed by atoms with van der Waals surface area (Å²) in [5, 5.41) is 29.3. The Hall–Kier alpha value is -6.53. The standard InChI is InChI=1S/C44H76N11O20P/c1-4-29-41(65)55-31(42(66)54-30(11-9-16-50-44(45)46)40(64)51-25-36(59)52-32(24-37(60)61)43(67)53-29)10-7-8-15-47-35(58)14-19-70-22-23-71-20-17-48-33(56)12-13-34(57)49-18-21-73-76(68,69)74-27-28(75-39(63)6-3)26-72-38(62)5-2/h28-32H,4-27H2,1-3H3,(H,47,58)(H,48,56)(H,49,57)(H,51,64)(H,52,59)(H,53,67)(H,54,66)(H,55,65)(H,60,61)(H,68,69)(H4,45,46,50)/t28-,29-,30+,31+,32+/m1/s1. The van der Waals surface area contributed by atoms with Crippen LogP contribution in [0.5, 0.6) is 0 Å². The Kier molecular flexibility index (Phi) is 34.6. The number of carbonyl (C=O) groups is 11. The molecule has 0 radical (unpaired) electrons. The first-order chi connectivity index (χ1) is 36.1. The fraction of sp³-hybridized carbons (Fsp3) is 0.727. The molecule has 31 nitrogen and oxygen atoms in total. The number of nitrogens with two attached hydrogens (primary N) is 2. The Morgan fingerprint density at radius 2 is 1.21 bits per heavy atom. The number of phosphoric ester groups is 1. The van der Waals surface area contributed by atoms with E-state index in [0.29, 0.717) is 12.8 Å². The Bertz CT molecular complexity index is 1990. The Morgan fingerprint density at radius 3 is 1.83 bits per heavy atom. The van der Waals surface area contributed by atoms with Gasteiger partial charge in [-0.25, -0.2) is 4.57 Å². The second kappa shape index (κ2) is 38.9. The molecule has 1 unspecified atom stereocenters. The van der Waals surface area contributed by atoms with Crippen LogP contribution in [0.1, 0.15) is 97.8 Å². The number of nitrogens with zero attached hydrogens (tertiary/aromatic N) is 1. The van der Waals surface area contributed by atoms with Crippen molar-refractivity contribution in [3.8, 4) is 0 Å². The van der Waals surface area contributed by atoms with E-state index in [0.717, 1.165) is 0 Å². The number of hydrogen-bond acceptors (Lipinski definition) is 19. The van der Waals surface area contributed by atoms with Crippen LogP contribution in [-0.4, -0.2) is 190 Å². The summed E-state index contributed by atoms with van der Waals surface area (Å²) in [6.07, 6.45) is -1.29. The first-order valence-corrected chi connectivity index (χ1v) is 26.3. The zero-order valence-electron chi connectivity index (χ0n) is 43.1. The SMILES string of the molecule is CCC(=O)OC[C@H](COP(=O)(O)OCCNC(=O)CCC(=O)NCCOCCOCCC(=O)NCCCC[C@@H]1NC(=O)[C@@H](CC)NC(=O)[C@H](CC(=O)O)NC(=O)CNC(=O)[C@H](CCCN=C(N)N)NC1=O)OC(=O)CC. The fourth-order valence-electron chi connectivity index (χ4n) is 6.31. The molecule has 0 saturated carbocycles. The number of carbonyl (C=O) groups excluding carboxylic acids is 10. The lowest BCUT2D eigenvalue weighted by atomic mass is 10.0. The van der Waals surface area contributed by atoms with Crippen molar-refractivity contribution in [3.05, 3.63) is 0 Å². The summed E-state index contributed by atoms with van der Waals surface area (Å²) in [5.74, 6) is -8.31. The summed E-state index contributed by atoms with van der Waals surface area (Å²) in [5.41, 5.74) is 10.8. The van der Waals surface area contributed by atoms with E-state index in [9.17, 15) is 67.3 Å². The van der Waals surface area contributed by atoms with Gasteiger partial charge in [0.2, 0.25) is 47.3 Å². The van der Waals surface area contributed by atoms with Crippen molar-refractivity contribution in [1.29, 1.82) is 0 Å². The van der Waals surface area contributed by atoms with Crippen LogP contribution in [-0.2, 0) is 85.3 Å². The van der Waals surface area contributed by atoms with E-state index in [2.05, 4.69) is 47.5 Å². The van der Waals surface area contributed by atoms with Gasteiger partial charge in [-0.05, 0) is 38.5 Å². The minimum absolute atomic E-state index is 0.00582. The number of hydrogen-bond donors (Lipinski definition) is 12. The highest BCUT2D eigenvalue weighted by Gasteiger charge is 2.33. The van der Waals surface area contributed by atoms with E-state index in [4.69, 9.17) is 39.5 Å². The summed E-state index contributed by atoms with van der Waals surface area (Å²) in [6, 6.07) is -5.27. The van der Waals surface area contributed by atoms with Crippen LogP contribution in [0, 0.1) is 0 Å². The number of amides is 8. The van der Waals surface area contributed by atoms with E-state index < -0.39 is 130 Å². The smallest absolute Gasteiger partial charge is 0.472 e. The molecule has 0 aromatic rings. The van der Waals surface area contributed by atoms with Gasteiger partial charge in [-0.3, -0.25) is 66.8 Å². The molecule has 0 aliphatic carbocycles. The number of rotatable bonds is 36. The van der Waals surface area contributed by atoms with Crippen molar-refractivity contribution in [2.24, 2.45) is 16.5 Å². The van der Waals surface area contributed by atoms with Crippen molar-refractivity contribution in [1.82, 2.24) is 42.5 Å². The first kappa shape index (κ1) is 67.5. The molecule has 0 spiro atoms. The van der Waals surface area contributed by atoms with Crippen LogP contribution in [0.2, 0.25) is 0 Å². The van der Waals surface area contributed by atoms with Gasteiger partial charge in [-0.1, -0.05) is 20.8 Å². The van der Waals surface area contributed by atoms with Gasteiger partial charge in [0.1, 0.15) is 30.8 Å². The lowest BCUT2D eigenvalue weighted by Crippen LogP contribution is -2.57. The lowest BCUT2D eigenvalue weighted by molar-refractivity contribution is -0.160. The first-order valence-electron chi connectivity index (χ1n) is 24.8. The van der Waals surface area contributed by atoms with Crippen LogP contribution in [0.15, 0.2) is 4.99 Å². The average Bonchev–Trinajstić information content (AvgIpc) is 3.37. The zero-order chi connectivity index (χ0) is 56.9. The maximum atomic E-state index is 13.6. The summed E-state index contributed by atoms with van der Waals surface area (Å²) in [7, 11) is -4.64. The zero-order valence-corrected chi connectivity index (χ0v) is 44.0. The van der Waals surface area contributed by atoms with Crippen molar-refractivity contribution < 1.29 is 95.3 Å². The molecular formula is C44H76N11O20P. The third-order valence-electron chi connectivity index (χ3n) is 10.3. The number of aliphatic imine (C=N–C) groups is 1. The van der Waals surface area contributed by atoms with E-state index in [1.165, 1.54) is 6.92 Å². The van der Waals surface area contributed by atoms with E-state index in [1.54, 1.807) is 13.8 Å². The minimum Gasteiger partial charge on any atom is -0.481 e. The number of carboxylic acids is 1. The van der Waals surface area contributed by atoms with Crippen molar-refractivity contribution in [3.63, 3.8) is 0 Å². The third-order valence-corrected chi connectivity index (χ3v) is 11.3.